The standard InChI is InChI=1S/C16H27N5O/c1-6-17-13-11-14(19-12(2)18-13)20-7-9-21(10-8-20)15(22)16(3,4)5/h11H,6-10H2,1-5H3,(H,17,18,19). The van der Waals surface area contributed by atoms with Gasteiger partial charge in [0.1, 0.15) is 17.5 Å². The molecule has 1 saturated heterocycles. The smallest absolute Gasteiger partial charge is 0.228 e. The van der Waals surface area contributed by atoms with E-state index in [1.165, 1.54) is 0 Å². The molecule has 0 bridgehead atoms. The maximum atomic E-state index is 12.3. The van der Waals surface area contributed by atoms with Crippen LogP contribution in [0, 0.1) is 12.3 Å². The van der Waals surface area contributed by atoms with E-state index in [0.717, 1.165) is 50.2 Å². The van der Waals surface area contributed by atoms with Gasteiger partial charge in [0.2, 0.25) is 5.91 Å². The highest BCUT2D eigenvalue weighted by Crippen LogP contribution is 2.21. The molecule has 2 heterocycles. The summed E-state index contributed by atoms with van der Waals surface area (Å²) < 4.78 is 0. The van der Waals surface area contributed by atoms with Crippen molar-refractivity contribution in [3.8, 4) is 0 Å². The van der Waals surface area contributed by atoms with Gasteiger partial charge in [0.15, 0.2) is 0 Å². The van der Waals surface area contributed by atoms with E-state index in [9.17, 15) is 4.79 Å². The average molecular weight is 305 g/mol. The Hall–Kier alpha value is -1.85. The molecule has 22 heavy (non-hydrogen) atoms. The van der Waals surface area contributed by atoms with E-state index in [0.29, 0.717) is 0 Å². The number of amides is 1. The third-order valence-electron chi connectivity index (χ3n) is 3.71. The van der Waals surface area contributed by atoms with Gasteiger partial charge in [-0.15, -0.1) is 0 Å². The van der Waals surface area contributed by atoms with Gasteiger partial charge in [0, 0.05) is 44.2 Å². The molecular formula is C16H27N5O. The molecule has 2 rings (SSSR count). The fourth-order valence-corrected chi connectivity index (χ4v) is 2.60. The molecule has 6 heteroatoms. The van der Waals surface area contributed by atoms with Crippen LogP contribution in [-0.4, -0.2) is 53.5 Å². The number of rotatable bonds is 3. The number of aryl methyl sites for hydroxylation is 1. The molecule has 122 valence electrons. The zero-order valence-electron chi connectivity index (χ0n) is 14.3. The van der Waals surface area contributed by atoms with E-state index < -0.39 is 0 Å². The van der Waals surface area contributed by atoms with Gasteiger partial charge in [0.05, 0.1) is 0 Å². The molecule has 1 N–H and O–H groups in total. The number of anilines is 2. The summed E-state index contributed by atoms with van der Waals surface area (Å²) in [5, 5.41) is 3.23. The first-order valence-corrected chi connectivity index (χ1v) is 7.95. The highest BCUT2D eigenvalue weighted by Gasteiger charge is 2.30. The highest BCUT2D eigenvalue weighted by molar-refractivity contribution is 5.81. The molecule has 1 aliphatic heterocycles. The third-order valence-corrected chi connectivity index (χ3v) is 3.71. The quantitative estimate of drug-likeness (QED) is 0.924. The van der Waals surface area contributed by atoms with Crippen molar-refractivity contribution < 1.29 is 4.79 Å². The molecule has 1 amide bonds. The van der Waals surface area contributed by atoms with E-state index in [2.05, 4.69) is 20.2 Å². The summed E-state index contributed by atoms with van der Waals surface area (Å²) in [5.74, 6) is 2.78. The first kappa shape index (κ1) is 16.5. The molecule has 1 fully saturated rings. The van der Waals surface area contributed by atoms with E-state index in [-0.39, 0.29) is 11.3 Å². The maximum Gasteiger partial charge on any atom is 0.228 e. The number of hydrogen-bond donors (Lipinski definition) is 1. The van der Waals surface area contributed by atoms with Crippen molar-refractivity contribution in [3.05, 3.63) is 11.9 Å². The third kappa shape index (κ3) is 3.87. The Morgan fingerprint density at radius 2 is 1.86 bits per heavy atom. The number of nitrogens with one attached hydrogen (secondary N) is 1. The van der Waals surface area contributed by atoms with Gasteiger partial charge in [-0.25, -0.2) is 9.97 Å². The first-order chi connectivity index (χ1) is 10.3. The molecule has 0 aromatic carbocycles. The number of carbonyl (C=O) groups excluding carboxylic acids is 1. The van der Waals surface area contributed by atoms with Crippen molar-refractivity contribution in [1.29, 1.82) is 0 Å². The number of hydrogen-bond acceptors (Lipinski definition) is 5. The minimum atomic E-state index is -0.314. The fraction of sp³-hybridized carbons (Fsp3) is 0.688. The van der Waals surface area contributed by atoms with Crippen LogP contribution < -0.4 is 10.2 Å². The molecule has 0 aliphatic carbocycles. The van der Waals surface area contributed by atoms with Crippen LogP contribution in [-0.2, 0) is 4.79 Å². The summed E-state index contributed by atoms with van der Waals surface area (Å²) in [6.07, 6.45) is 0. The Balaban J connectivity index is 2.04. The summed E-state index contributed by atoms with van der Waals surface area (Å²) in [6, 6.07) is 1.98. The predicted molar refractivity (Wildman–Crippen MR) is 89.2 cm³/mol. The highest BCUT2D eigenvalue weighted by atomic mass is 16.2. The van der Waals surface area contributed by atoms with Gasteiger partial charge in [-0.3, -0.25) is 4.79 Å². The Morgan fingerprint density at radius 1 is 1.23 bits per heavy atom. The van der Waals surface area contributed by atoms with Crippen LogP contribution in [0.1, 0.15) is 33.5 Å². The van der Waals surface area contributed by atoms with Crippen molar-refractivity contribution in [1.82, 2.24) is 14.9 Å². The topological polar surface area (TPSA) is 61.4 Å². The van der Waals surface area contributed by atoms with Crippen LogP contribution in [0.2, 0.25) is 0 Å². The van der Waals surface area contributed by atoms with Gasteiger partial charge < -0.3 is 15.1 Å². The lowest BCUT2D eigenvalue weighted by Crippen LogP contribution is -2.51. The molecule has 1 aliphatic rings. The maximum absolute atomic E-state index is 12.3. The minimum Gasteiger partial charge on any atom is -0.370 e. The molecule has 0 atom stereocenters. The van der Waals surface area contributed by atoms with E-state index >= 15 is 0 Å². The van der Waals surface area contributed by atoms with E-state index in [1.54, 1.807) is 0 Å². The minimum absolute atomic E-state index is 0.222. The van der Waals surface area contributed by atoms with Crippen LogP contribution in [0.15, 0.2) is 6.07 Å². The first-order valence-electron chi connectivity index (χ1n) is 7.95. The number of nitrogens with zero attached hydrogens (tertiary/aromatic N) is 4. The van der Waals surface area contributed by atoms with E-state index in [4.69, 9.17) is 0 Å². The SMILES string of the molecule is CCNc1cc(N2CCN(C(=O)C(C)(C)C)CC2)nc(C)n1. The Labute approximate surface area is 132 Å². The lowest BCUT2D eigenvalue weighted by molar-refractivity contribution is -0.139. The summed E-state index contributed by atoms with van der Waals surface area (Å²) in [7, 11) is 0. The van der Waals surface area contributed by atoms with Crippen LogP contribution in [0.4, 0.5) is 11.6 Å². The van der Waals surface area contributed by atoms with Gasteiger partial charge in [-0.2, -0.15) is 0 Å². The fourth-order valence-electron chi connectivity index (χ4n) is 2.60. The van der Waals surface area contributed by atoms with Crippen molar-refractivity contribution in [2.75, 3.05) is 42.9 Å². The molecular weight excluding hydrogens is 278 g/mol. The summed E-state index contributed by atoms with van der Waals surface area (Å²) >= 11 is 0. The molecule has 6 nitrogen and oxygen atoms in total. The normalized spacial score (nSPS) is 15.9. The van der Waals surface area contributed by atoms with E-state index in [1.807, 2.05) is 45.6 Å². The number of carbonyl (C=O) groups is 1. The van der Waals surface area contributed by atoms with Gasteiger partial charge >= 0.3 is 0 Å². The Kier molecular flexibility index (Phi) is 4.88. The molecule has 1 aromatic heterocycles. The lowest BCUT2D eigenvalue weighted by atomic mass is 9.94. The summed E-state index contributed by atoms with van der Waals surface area (Å²) in [4.78, 5) is 25.4. The van der Waals surface area contributed by atoms with Crippen LogP contribution in [0.5, 0.6) is 0 Å². The second kappa shape index (κ2) is 6.50. The zero-order valence-corrected chi connectivity index (χ0v) is 14.3. The van der Waals surface area contributed by atoms with Crippen LogP contribution in [0.3, 0.4) is 0 Å². The molecule has 0 radical (unpaired) electrons. The Bertz CT molecular complexity index is 530. The molecule has 0 saturated carbocycles. The lowest BCUT2D eigenvalue weighted by Gasteiger charge is -2.38. The molecule has 0 unspecified atom stereocenters. The van der Waals surface area contributed by atoms with Gasteiger partial charge in [0.25, 0.3) is 0 Å². The second-order valence-corrected chi connectivity index (χ2v) is 6.72. The summed E-state index contributed by atoms with van der Waals surface area (Å²) in [5.41, 5.74) is -0.314. The monoisotopic (exact) mass is 305 g/mol. The Morgan fingerprint density at radius 3 is 2.41 bits per heavy atom. The van der Waals surface area contributed by atoms with Crippen molar-refractivity contribution in [2.45, 2.75) is 34.6 Å². The van der Waals surface area contributed by atoms with Crippen molar-refractivity contribution in [2.24, 2.45) is 5.41 Å². The van der Waals surface area contributed by atoms with Crippen molar-refractivity contribution in [3.63, 3.8) is 0 Å². The van der Waals surface area contributed by atoms with Crippen LogP contribution in [0.25, 0.3) is 0 Å². The van der Waals surface area contributed by atoms with Crippen LogP contribution >= 0.6 is 0 Å². The van der Waals surface area contributed by atoms with Gasteiger partial charge in [-0.1, -0.05) is 20.8 Å². The number of piperazine rings is 1. The predicted octanol–water partition coefficient (Wildman–Crippen LogP) is 1.91. The van der Waals surface area contributed by atoms with Gasteiger partial charge in [-0.05, 0) is 13.8 Å². The molecule has 0 spiro atoms. The molecule has 1 aromatic rings. The second-order valence-electron chi connectivity index (χ2n) is 6.72. The zero-order chi connectivity index (χ0) is 16.3. The summed E-state index contributed by atoms with van der Waals surface area (Å²) in [6.45, 7) is 13.8. The van der Waals surface area contributed by atoms with Crippen molar-refractivity contribution >= 4 is 17.5 Å². The largest absolute Gasteiger partial charge is 0.370 e. The average Bonchev–Trinajstić information content (AvgIpc) is 2.45. The number of aromatic nitrogens is 2.